The molecule has 12 heteroatoms. The number of fused-ring (bicyclic) bond motifs is 1. The Morgan fingerprint density at radius 2 is 1.58 bits per heavy atom. The maximum absolute atomic E-state index is 13.6. The molecule has 0 spiro atoms. The summed E-state index contributed by atoms with van der Waals surface area (Å²) in [5.74, 6) is -1.10. The van der Waals surface area contributed by atoms with Crippen LogP contribution in [0.25, 0.3) is 22.2 Å². The van der Waals surface area contributed by atoms with Crippen LogP contribution in [0.1, 0.15) is 32.7 Å². The molecule has 3 aromatic carbocycles. The van der Waals surface area contributed by atoms with Gasteiger partial charge in [-0.25, -0.2) is 9.78 Å². The van der Waals surface area contributed by atoms with Crippen molar-refractivity contribution in [3.05, 3.63) is 110 Å². The van der Waals surface area contributed by atoms with Crippen molar-refractivity contribution in [2.45, 2.75) is 13.3 Å². The quantitative estimate of drug-likeness (QED) is 0.0507. The first-order chi connectivity index (χ1) is 23.0. The topological polar surface area (TPSA) is 137 Å². The third-order valence-electron chi connectivity index (χ3n) is 10.3. The van der Waals surface area contributed by atoms with Crippen molar-refractivity contribution in [3.63, 3.8) is 0 Å². The lowest BCUT2D eigenvalue weighted by Crippen LogP contribution is -2.40. The Bertz CT molecular complexity index is 2130. The smallest absolute Gasteiger partial charge is 0.339 e. The van der Waals surface area contributed by atoms with Gasteiger partial charge >= 0.3 is 5.97 Å². The van der Waals surface area contributed by atoms with E-state index in [2.05, 4.69) is 12.2 Å². The monoisotopic (exact) mass is 681 g/mol. The number of ketones is 1. The predicted octanol–water partition coefficient (Wildman–Crippen LogP) is 7.02. The number of benzene rings is 3. The molecule has 4 aliphatic carbocycles. The van der Waals surface area contributed by atoms with Crippen molar-refractivity contribution in [2.75, 3.05) is 11.5 Å². The number of carbonyl (C=O) groups is 4. The Labute approximate surface area is 283 Å². The van der Waals surface area contributed by atoms with Crippen LogP contribution in [0.15, 0.2) is 72.8 Å². The van der Waals surface area contributed by atoms with Crippen LogP contribution in [0.4, 0.5) is 11.4 Å². The van der Waals surface area contributed by atoms with Gasteiger partial charge in [0.1, 0.15) is 5.02 Å². The standard InChI is InChI=1S/C36H25Cl2N3O7/c1-16-26(37)11-9-22-25(36(45)48-15-30(42)18-4-10-27(38)29(12-18)41(46)47)14-28(39-33(16)22)17-2-5-19(6-3-17)40-34(43)31-20-7-8-21(24-13-23(20)24)32(31)35(40)44/h2-12,14,20-21,23-24,31-32H,13,15H2,1H3. The molecule has 5 aliphatic rings. The van der Waals surface area contributed by atoms with Crippen LogP contribution in [0.5, 0.6) is 0 Å². The minimum Gasteiger partial charge on any atom is -0.454 e. The van der Waals surface area contributed by atoms with E-state index in [9.17, 15) is 29.3 Å². The minimum atomic E-state index is -0.809. The molecule has 1 saturated heterocycles. The van der Waals surface area contributed by atoms with Gasteiger partial charge in [-0.2, -0.15) is 0 Å². The summed E-state index contributed by atoms with van der Waals surface area (Å²) in [7, 11) is 0. The molecule has 0 N–H and O–H groups in total. The Morgan fingerprint density at radius 3 is 2.23 bits per heavy atom. The van der Waals surface area contributed by atoms with E-state index in [-0.39, 0.29) is 51.6 Å². The second-order valence-corrected chi connectivity index (χ2v) is 13.6. The number of allylic oxidation sites excluding steroid dienone is 2. The molecule has 0 radical (unpaired) electrons. The number of carbonyl (C=O) groups excluding carboxylic acids is 4. The van der Waals surface area contributed by atoms with Gasteiger partial charge in [0.25, 0.3) is 5.69 Å². The molecule has 2 saturated carbocycles. The van der Waals surface area contributed by atoms with Crippen LogP contribution < -0.4 is 4.90 Å². The van der Waals surface area contributed by atoms with Gasteiger partial charge in [0.2, 0.25) is 17.6 Å². The van der Waals surface area contributed by atoms with Crippen LogP contribution >= 0.6 is 23.2 Å². The molecule has 1 aromatic heterocycles. The van der Waals surface area contributed by atoms with Crippen LogP contribution in [0.2, 0.25) is 10.0 Å². The molecular formula is C36H25Cl2N3O7. The van der Waals surface area contributed by atoms with E-state index < -0.39 is 29.0 Å². The lowest BCUT2D eigenvalue weighted by Gasteiger charge is -2.37. The van der Waals surface area contributed by atoms with Crippen LogP contribution in [-0.2, 0) is 14.3 Å². The molecule has 2 amide bonds. The Hall–Kier alpha value is -4.93. The zero-order valence-corrected chi connectivity index (χ0v) is 26.8. The van der Waals surface area contributed by atoms with E-state index in [4.69, 9.17) is 32.9 Å². The van der Waals surface area contributed by atoms with Crippen molar-refractivity contribution in [2.24, 2.45) is 35.5 Å². The van der Waals surface area contributed by atoms with E-state index >= 15 is 0 Å². The number of Topliss-reactive ketones (excluding diaryl/α,β-unsaturated/α-hetero) is 1. The first-order valence-electron chi connectivity index (χ1n) is 15.4. The van der Waals surface area contributed by atoms with Crippen LogP contribution in [0, 0.1) is 52.5 Å². The average Bonchev–Trinajstić information content (AvgIpc) is 3.87. The molecule has 240 valence electrons. The third-order valence-corrected chi connectivity index (χ3v) is 11.0. The lowest BCUT2D eigenvalue weighted by atomic mass is 9.63. The number of amides is 2. The normalized spacial score (nSPS) is 24.9. The first kappa shape index (κ1) is 30.4. The molecule has 10 nitrogen and oxygen atoms in total. The molecule has 3 fully saturated rings. The number of anilines is 1. The van der Waals surface area contributed by atoms with E-state index in [1.54, 1.807) is 49.4 Å². The molecule has 48 heavy (non-hydrogen) atoms. The van der Waals surface area contributed by atoms with Crippen molar-refractivity contribution in [1.29, 1.82) is 0 Å². The maximum atomic E-state index is 13.6. The average molecular weight is 683 g/mol. The number of imide groups is 1. The van der Waals surface area contributed by atoms with Gasteiger partial charge in [-0.3, -0.25) is 29.4 Å². The lowest BCUT2D eigenvalue weighted by molar-refractivity contribution is -0.384. The number of ether oxygens (including phenoxy) is 1. The molecule has 2 heterocycles. The predicted molar refractivity (Wildman–Crippen MR) is 177 cm³/mol. The fourth-order valence-electron chi connectivity index (χ4n) is 7.83. The number of nitrogens with zero attached hydrogens (tertiary/aromatic N) is 3. The molecule has 6 unspecified atom stereocenters. The number of aryl methyl sites for hydroxylation is 1. The Balaban J connectivity index is 1.08. The SMILES string of the molecule is Cc1c(Cl)ccc2c(C(=O)OCC(=O)c3ccc(Cl)c([N+](=O)[O-])c3)cc(-c3ccc(N4C(=O)C5C6C=CC(C7CC67)C5C4=O)cc3)nc12. The van der Waals surface area contributed by atoms with Gasteiger partial charge < -0.3 is 4.74 Å². The number of nitro groups is 1. The number of hydrogen-bond donors (Lipinski definition) is 0. The van der Waals surface area contributed by atoms with Crippen molar-refractivity contribution < 1.29 is 28.8 Å². The van der Waals surface area contributed by atoms with Gasteiger partial charge in [0.05, 0.1) is 39.2 Å². The summed E-state index contributed by atoms with van der Waals surface area (Å²) in [5, 5.41) is 12.0. The highest BCUT2D eigenvalue weighted by Crippen LogP contribution is 2.65. The highest BCUT2D eigenvalue weighted by atomic mass is 35.5. The zero-order valence-electron chi connectivity index (χ0n) is 25.3. The maximum Gasteiger partial charge on any atom is 0.339 e. The summed E-state index contributed by atoms with van der Waals surface area (Å²) < 4.78 is 5.39. The molecule has 6 atom stereocenters. The first-order valence-corrected chi connectivity index (χ1v) is 16.2. The summed E-state index contributed by atoms with van der Waals surface area (Å²) in [5.41, 5.74) is 2.24. The minimum absolute atomic E-state index is 0.0307. The molecular weight excluding hydrogens is 657 g/mol. The van der Waals surface area contributed by atoms with Crippen LogP contribution in [-0.4, -0.2) is 40.1 Å². The van der Waals surface area contributed by atoms with Gasteiger partial charge in [-0.05, 0) is 79.0 Å². The van der Waals surface area contributed by atoms with E-state index in [1.165, 1.54) is 17.0 Å². The van der Waals surface area contributed by atoms with Crippen molar-refractivity contribution in [1.82, 2.24) is 4.98 Å². The number of aromatic nitrogens is 1. The summed E-state index contributed by atoms with van der Waals surface area (Å²) in [6.45, 7) is 1.10. The fraction of sp³-hybridized carbons (Fsp3) is 0.250. The van der Waals surface area contributed by atoms with Gasteiger partial charge in [-0.1, -0.05) is 53.6 Å². The molecule has 2 bridgehead atoms. The fourth-order valence-corrected chi connectivity index (χ4v) is 8.17. The molecule has 9 rings (SSSR count). The second-order valence-electron chi connectivity index (χ2n) is 12.8. The zero-order chi connectivity index (χ0) is 33.6. The number of nitro benzene ring substituents is 1. The largest absolute Gasteiger partial charge is 0.454 e. The molecule has 4 aromatic rings. The number of hydrogen-bond acceptors (Lipinski definition) is 8. The van der Waals surface area contributed by atoms with Crippen LogP contribution in [0.3, 0.4) is 0 Å². The second kappa shape index (κ2) is 11.1. The number of halogens is 2. The number of rotatable bonds is 7. The van der Waals surface area contributed by atoms with E-state index in [0.29, 0.717) is 50.3 Å². The van der Waals surface area contributed by atoms with E-state index in [1.807, 2.05) is 0 Å². The van der Waals surface area contributed by atoms with E-state index in [0.717, 1.165) is 12.5 Å². The Kier molecular flexibility index (Phi) is 7.01. The Morgan fingerprint density at radius 1 is 0.938 bits per heavy atom. The van der Waals surface area contributed by atoms with Crippen molar-refractivity contribution in [3.8, 4) is 11.3 Å². The summed E-state index contributed by atoms with van der Waals surface area (Å²) >= 11 is 12.3. The number of esters is 1. The highest BCUT2D eigenvalue weighted by molar-refractivity contribution is 6.33. The van der Waals surface area contributed by atoms with Gasteiger partial charge in [0.15, 0.2) is 6.61 Å². The van der Waals surface area contributed by atoms with Gasteiger partial charge in [-0.15, -0.1) is 0 Å². The summed E-state index contributed by atoms with van der Waals surface area (Å²) in [4.78, 5) is 70.1. The summed E-state index contributed by atoms with van der Waals surface area (Å²) in [6, 6.07) is 15.3. The van der Waals surface area contributed by atoms with Gasteiger partial charge in [0, 0.05) is 27.6 Å². The third kappa shape index (κ3) is 4.65. The highest BCUT2D eigenvalue weighted by Gasteiger charge is 2.67. The van der Waals surface area contributed by atoms with Crippen molar-refractivity contribution >= 4 is 69.0 Å². The molecule has 1 aliphatic heterocycles. The summed E-state index contributed by atoms with van der Waals surface area (Å²) in [6.07, 6.45) is 5.37. The number of pyridine rings is 1.